The molecule has 0 aliphatic rings. The van der Waals surface area contributed by atoms with Crippen molar-refractivity contribution in [3.05, 3.63) is 52.2 Å². The summed E-state index contributed by atoms with van der Waals surface area (Å²) in [5, 5.41) is 2.06. The minimum atomic E-state index is 0.229. The quantitative estimate of drug-likeness (QED) is 0.776. The zero-order valence-electron chi connectivity index (χ0n) is 13.6. The number of carbonyl (C=O) groups is 1. The first-order valence-electron chi connectivity index (χ1n) is 7.66. The molecule has 0 radical (unpaired) electrons. The SMILES string of the molecule is CCN(Cc1ccc(N(C)C)cc1)C(=O)CCc1cccs1. The van der Waals surface area contributed by atoms with E-state index in [9.17, 15) is 4.79 Å². The highest BCUT2D eigenvalue weighted by atomic mass is 32.1. The molecule has 1 aromatic carbocycles. The maximum absolute atomic E-state index is 12.4. The minimum Gasteiger partial charge on any atom is -0.378 e. The molecule has 22 heavy (non-hydrogen) atoms. The number of hydrogen-bond donors (Lipinski definition) is 0. The fourth-order valence-electron chi connectivity index (χ4n) is 2.34. The van der Waals surface area contributed by atoms with Gasteiger partial charge in [0.2, 0.25) is 5.91 Å². The molecular weight excluding hydrogens is 292 g/mol. The summed E-state index contributed by atoms with van der Waals surface area (Å²) in [5.74, 6) is 0.229. The van der Waals surface area contributed by atoms with Crippen LogP contribution in [0.3, 0.4) is 0 Å². The summed E-state index contributed by atoms with van der Waals surface area (Å²) < 4.78 is 0. The van der Waals surface area contributed by atoms with Crippen LogP contribution in [0.25, 0.3) is 0 Å². The third-order valence-electron chi connectivity index (χ3n) is 3.73. The number of benzene rings is 1. The maximum Gasteiger partial charge on any atom is 0.223 e. The molecule has 0 N–H and O–H groups in total. The Morgan fingerprint density at radius 2 is 1.86 bits per heavy atom. The van der Waals surface area contributed by atoms with Gasteiger partial charge in [-0.25, -0.2) is 0 Å². The lowest BCUT2D eigenvalue weighted by molar-refractivity contribution is -0.131. The van der Waals surface area contributed by atoms with Crippen molar-refractivity contribution in [2.24, 2.45) is 0 Å². The fourth-order valence-corrected chi connectivity index (χ4v) is 3.05. The molecule has 1 heterocycles. The van der Waals surface area contributed by atoms with Gasteiger partial charge in [-0.05, 0) is 42.5 Å². The number of rotatable bonds is 7. The van der Waals surface area contributed by atoms with E-state index in [2.05, 4.69) is 40.6 Å². The highest BCUT2D eigenvalue weighted by Gasteiger charge is 2.12. The van der Waals surface area contributed by atoms with Crippen LogP contribution in [-0.2, 0) is 17.8 Å². The van der Waals surface area contributed by atoms with Crippen molar-refractivity contribution in [1.82, 2.24) is 4.90 Å². The predicted molar refractivity (Wildman–Crippen MR) is 94.5 cm³/mol. The molecule has 0 aliphatic carbocycles. The van der Waals surface area contributed by atoms with Crippen molar-refractivity contribution in [2.45, 2.75) is 26.3 Å². The number of thiophene rings is 1. The second kappa shape index (κ2) is 7.99. The van der Waals surface area contributed by atoms with Crippen LogP contribution in [0.4, 0.5) is 5.69 Å². The molecule has 2 rings (SSSR count). The molecule has 0 atom stereocenters. The van der Waals surface area contributed by atoms with Gasteiger partial charge in [-0.15, -0.1) is 11.3 Å². The van der Waals surface area contributed by atoms with Gasteiger partial charge in [0, 0.05) is 44.2 Å². The van der Waals surface area contributed by atoms with Crippen molar-refractivity contribution < 1.29 is 4.79 Å². The van der Waals surface area contributed by atoms with Crippen LogP contribution in [0, 0.1) is 0 Å². The number of anilines is 1. The van der Waals surface area contributed by atoms with Crippen LogP contribution in [0.2, 0.25) is 0 Å². The molecule has 1 amide bonds. The van der Waals surface area contributed by atoms with Crippen LogP contribution in [-0.4, -0.2) is 31.4 Å². The molecule has 3 nitrogen and oxygen atoms in total. The Morgan fingerprint density at radius 1 is 1.14 bits per heavy atom. The zero-order valence-corrected chi connectivity index (χ0v) is 14.4. The fraction of sp³-hybridized carbons (Fsp3) is 0.389. The molecular formula is C18H24N2OS. The van der Waals surface area contributed by atoms with Crippen LogP contribution in [0.5, 0.6) is 0 Å². The molecule has 1 aromatic heterocycles. The number of amides is 1. The van der Waals surface area contributed by atoms with Crippen LogP contribution < -0.4 is 4.90 Å². The van der Waals surface area contributed by atoms with Crippen molar-refractivity contribution in [3.63, 3.8) is 0 Å². The summed E-state index contributed by atoms with van der Waals surface area (Å²) in [4.78, 5) is 17.7. The van der Waals surface area contributed by atoms with Crippen LogP contribution in [0.1, 0.15) is 23.8 Å². The lowest BCUT2D eigenvalue weighted by Gasteiger charge is -2.21. The molecule has 0 saturated carbocycles. The Hall–Kier alpha value is -1.81. The first-order chi connectivity index (χ1) is 10.6. The number of aryl methyl sites for hydroxylation is 1. The van der Waals surface area contributed by atoms with Gasteiger partial charge in [-0.2, -0.15) is 0 Å². The molecule has 0 unspecified atom stereocenters. The smallest absolute Gasteiger partial charge is 0.223 e. The maximum atomic E-state index is 12.4. The molecule has 0 bridgehead atoms. The molecule has 0 fully saturated rings. The molecule has 0 saturated heterocycles. The first kappa shape index (κ1) is 16.6. The monoisotopic (exact) mass is 316 g/mol. The lowest BCUT2D eigenvalue weighted by atomic mass is 10.1. The van der Waals surface area contributed by atoms with Crippen LogP contribution in [0.15, 0.2) is 41.8 Å². The zero-order chi connectivity index (χ0) is 15.9. The molecule has 0 aliphatic heterocycles. The summed E-state index contributed by atoms with van der Waals surface area (Å²) >= 11 is 1.72. The summed E-state index contributed by atoms with van der Waals surface area (Å²) in [6.45, 7) is 3.48. The first-order valence-corrected chi connectivity index (χ1v) is 8.54. The average molecular weight is 316 g/mol. The van der Waals surface area contributed by atoms with Gasteiger partial charge in [-0.3, -0.25) is 4.79 Å². The number of hydrogen-bond acceptors (Lipinski definition) is 3. The Bertz CT molecular complexity index is 576. The predicted octanol–water partition coefficient (Wildman–Crippen LogP) is 3.80. The van der Waals surface area contributed by atoms with E-state index >= 15 is 0 Å². The van der Waals surface area contributed by atoms with Crippen molar-refractivity contribution >= 4 is 22.9 Å². The van der Waals surface area contributed by atoms with Crippen molar-refractivity contribution in [2.75, 3.05) is 25.5 Å². The Morgan fingerprint density at radius 3 is 2.41 bits per heavy atom. The Balaban J connectivity index is 1.91. The highest BCUT2D eigenvalue weighted by molar-refractivity contribution is 7.09. The summed E-state index contributed by atoms with van der Waals surface area (Å²) in [5.41, 5.74) is 2.35. The van der Waals surface area contributed by atoms with Gasteiger partial charge in [0.05, 0.1) is 0 Å². The van der Waals surface area contributed by atoms with Gasteiger partial charge in [0.25, 0.3) is 0 Å². The lowest BCUT2D eigenvalue weighted by Crippen LogP contribution is -2.30. The van der Waals surface area contributed by atoms with Gasteiger partial charge < -0.3 is 9.80 Å². The Kier molecular flexibility index (Phi) is 6.01. The standard InChI is InChI=1S/C18H24N2OS/c1-4-20(18(21)12-11-17-6-5-13-22-17)14-15-7-9-16(10-8-15)19(2)3/h5-10,13H,4,11-12,14H2,1-3H3. The van der Waals surface area contributed by atoms with Gasteiger partial charge in [-0.1, -0.05) is 18.2 Å². The third-order valence-corrected chi connectivity index (χ3v) is 4.66. The summed E-state index contributed by atoms with van der Waals surface area (Å²) in [6, 6.07) is 12.5. The van der Waals surface area contributed by atoms with E-state index in [1.165, 1.54) is 16.1 Å². The molecule has 2 aromatic rings. The van der Waals surface area contributed by atoms with E-state index < -0.39 is 0 Å². The number of nitrogens with zero attached hydrogens (tertiary/aromatic N) is 2. The molecule has 4 heteroatoms. The van der Waals surface area contributed by atoms with Gasteiger partial charge in [0.15, 0.2) is 0 Å². The highest BCUT2D eigenvalue weighted by Crippen LogP contribution is 2.15. The van der Waals surface area contributed by atoms with Crippen LogP contribution >= 0.6 is 11.3 Å². The second-order valence-electron chi connectivity index (χ2n) is 5.55. The minimum absolute atomic E-state index is 0.229. The number of carbonyl (C=O) groups excluding carboxylic acids is 1. The average Bonchev–Trinajstić information content (AvgIpc) is 3.04. The molecule has 118 valence electrons. The third kappa shape index (κ3) is 4.60. The van der Waals surface area contributed by atoms with Crippen molar-refractivity contribution in [3.8, 4) is 0 Å². The van der Waals surface area contributed by atoms with E-state index in [-0.39, 0.29) is 5.91 Å². The van der Waals surface area contributed by atoms with E-state index in [1.807, 2.05) is 32.0 Å². The van der Waals surface area contributed by atoms with Gasteiger partial charge in [0.1, 0.15) is 0 Å². The molecule has 0 spiro atoms. The van der Waals surface area contributed by atoms with E-state index in [0.29, 0.717) is 13.0 Å². The van der Waals surface area contributed by atoms with E-state index in [4.69, 9.17) is 0 Å². The summed E-state index contributed by atoms with van der Waals surface area (Å²) in [6.07, 6.45) is 1.43. The second-order valence-corrected chi connectivity index (χ2v) is 6.58. The van der Waals surface area contributed by atoms with Crippen molar-refractivity contribution in [1.29, 1.82) is 0 Å². The topological polar surface area (TPSA) is 23.6 Å². The largest absolute Gasteiger partial charge is 0.378 e. The van der Waals surface area contributed by atoms with E-state index in [0.717, 1.165) is 13.0 Å². The Labute approximate surface area is 137 Å². The summed E-state index contributed by atoms with van der Waals surface area (Å²) in [7, 11) is 4.06. The van der Waals surface area contributed by atoms with E-state index in [1.54, 1.807) is 11.3 Å². The normalized spacial score (nSPS) is 10.5. The van der Waals surface area contributed by atoms with Gasteiger partial charge >= 0.3 is 0 Å².